The van der Waals surface area contributed by atoms with Gasteiger partial charge in [0, 0.05) is 28.6 Å². The molecule has 1 unspecified atom stereocenters. The first-order chi connectivity index (χ1) is 9.37. The number of benzene rings is 1. The van der Waals surface area contributed by atoms with E-state index in [0.717, 1.165) is 29.1 Å². The van der Waals surface area contributed by atoms with Gasteiger partial charge < -0.3 is 10.3 Å². The Kier molecular flexibility index (Phi) is 3.19. The molecule has 1 atom stereocenters. The molecule has 106 valence electrons. The normalized spacial score (nSPS) is 20.8. The van der Waals surface area contributed by atoms with Gasteiger partial charge in [0.2, 0.25) is 0 Å². The fourth-order valence-corrected chi connectivity index (χ4v) is 3.38. The third kappa shape index (κ3) is 2.27. The number of hydrogen-bond acceptors (Lipinski definition) is 1. The average Bonchev–Trinajstić information content (AvgIpc) is 2.75. The lowest BCUT2D eigenvalue weighted by Crippen LogP contribution is -2.30. The summed E-state index contributed by atoms with van der Waals surface area (Å²) in [5, 5.41) is 0.810. The van der Waals surface area contributed by atoms with Gasteiger partial charge in [0.25, 0.3) is 0 Å². The van der Waals surface area contributed by atoms with E-state index in [1.807, 2.05) is 13.0 Å². The zero-order chi connectivity index (χ0) is 14.5. The van der Waals surface area contributed by atoms with Gasteiger partial charge in [0.05, 0.1) is 0 Å². The summed E-state index contributed by atoms with van der Waals surface area (Å²) >= 11 is 6.26. The first kappa shape index (κ1) is 13.7. The third-order valence-electron chi connectivity index (χ3n) is 4.28. The van der Waals surface area contributed by atoms with Crippen LogP contribution in [0, 0.1) is 12.3 Å². The van der Waals surface area contributed by atoms with Crippen molar-refractivity contribution in [3.63, 3.8) is 0 Å². The Bertz CT molecular complexity index is 655. The van der Waals surface area contributed by atoms with Gasteiger partial charge in [0.1, 0.15) is 0 Å². The molecule has 2 N–H and O–H groups in total. The molecule has 0 fully saturated rings. The molecule has 0 saturated carbocycles. The van der Waals surface area contributed by atoms with Gasteiger partial charge in [-0.2, -0.15) is 0 Å². The summed E-state index contributed by atoms with van der Waals surface area (Å²) in [6.07, 6.45) is 4.21. The summed E-state index contributed by atoms with van der Waals surface area (Å²) in [4.78, 5) is 0. The zero-order valence-corrected chi connectivity index (χ0v) is 13.0. The first-order valence-electron chi connectivity index (χ1n) is 7.10. The predicted molar refractivity (Wildman–Crippen MR) is 84.5 cm³/mol. The van der Waals surface area contributed by atoms with Crippen LogP contribution in [-0.2, 0) is 6.42 Å². The van der Waals surface area contributed by atoms with Crippen molar-refractivity contribution in [2.75, 3.05) is 0 Å². The van der Waals surface area contributed by atoms with Gasteiger partial charge in [0.15, 0.2) is 0 Å². The van der Waals surface area contributed by atoms with Crippen LogP contribution in [-0.4, -0.2) is 4.57 Å². The van der Waals surface area contributed by atoms with Crippen LogP contribution in [0.3, 0.4) is 0 Å². The fourth-order valence-electron chi connectivity index (χ4n) is 3.21. The number of halogens is 1. The minimum Gasteiger partial charge on any atom is -0.324 e. The molecule has 0 saturated heterocycles. The highest BCUT2D eigenvalue weighted by Crippen LogP contribution is 2.40. The number of aryl methyl sites for hydroxylation is 1. The molecule has 0 aliphatic heterocycles. The van der Waals surface area contributed by atoms with Gasteiger partial charge in [-0.1, -0.05) is 31.5 Å². The molecule has 1 aromatic heterocycles. The van der Waals surface area contributed by atoms with Crippen LogP contribution in [0.15, 0.2) is 30.5 Å². The highest BCUT2D eigenvalue weighted by Gasteiger charge is 2.32. The molecule has 1 aliphatic rings. The van der Waals surface area contributed by atoms with Crippen molar-refractivity contribution in [1.82, 2.24) is 4.57 Å². The minimum atomic E-state index is 0.135. The lowest BCUT2D eigenvalue weighted by molar-refractivity contribution is 0.278. The third-order valence-corrected chi connectivity index (χ3v) is 4.69. The van der Waals surface area contributed by atoms with Crippen molar-refractivity contribution < 1.29 is 0 Å². The number of aromatic nitrogens is 1. The van der Waals surface area contributed by atoms with Crippen molar-refractivity contribution >= 4 is 11.6 Å². The van der Waals surface area contributed by atoms with E-state index in [-0.39, 0.29) is 11.5 Å². The molecule has 0 spiro atoms. The molecule has 0 bridgehead atoms. The number of nitrogens with zero attached hydrogens (tertiary/aromatic N) is 1. The molecule has 20 heavy (non-hydrogen) atoms. The Morgan fingerprint density at radius 1 is 1.30 bits per heavy atom. The van der Waals surface area contributed by atoms with E-state index in [0.29, 0.717) is 0 Å². The van der Waals surface area contributed by atoms with Gasteiger partial charge in [-0.15, -0.1) is 0 Å². The smallest absolute Gasteiger partial charge is 0.0467 e. The van der Waals surface area contributed by atoms with Crippen LogP contribution in [0.25, 0.3) is 5.69 Å². The Morgan fingerprint density at radius 2 is 2.05 bits per heavy atom. The second-order valence-electron chi connectivity index (χ2n) is 6.67. The Morgan fingerprint density at radius 3 is 2.75 bits per heavy atom. The minimum absolute atomic E-state index is 0.135. The Balaban J connectivity index is 2.10. The molecule has 1 aliphatic carbocycles. The van der Waals surface area contributed by atoms with Crippen LogP contribution >= 0.6 is 11.6 Å². The van der Waals surface area contributed by atoms with Gasteiger partial charge in [-0.05, 0) is 54.5 Å². The van der Waals surface area contributed by atoms with E-state index in [2.05, 4.69) is 42.8 Å². The molecule has 2 aromatic rings. The highest BCUT2D eigenvalue weighted by molar-refractivity contribution is 6.31. The first-order valence-corrected chi connectivity index (χ1v) is 7.47. The standard InChI is InChI=1S/C17H21ClN2/c1-11-4-5-12(8-14(11)18)20-7-6-13-15(19)9-17(2,3)10-16(13)20/h4-8,15H,9-10,19H2,1-3H3. The zero-order valence-electron chi connectivity index (χ0n) is 12.3. The summed E-state index contributed by atoms with van der Waals surface area (Å²) in [6.45, 7) is 6.60. The lowest BCUT2D eigenvalue weighted by Gasteiger charge is -2.34. The largest absolute Gasteiger partial charge is 0.324 e. The van der Waals surface area contributed by atoms with E-state index in [4.69, 9.17) is 17.3 Å². The molecule has 3 heteroatoms. The van der Waals surface area contributed by atoms with Crippen molar-refractivity contribution in [3.05, 3.63) is 52.3 Å². The number of fused-ring (bicyclic) bond motifs is 1. The van der Waals surface area contributed by atoms with Crippen LogP contribution < -0.4 is 5.73 Å². The molecule has 1 aromatic carbocycles. The second kappa shape index (κ2) is 4.64. The van der Waals surface area contributed by atoms with Crippen molar-refractivity contribution in [2.45, 2.75) is 39.7 Å². The van der Waals surface area contributed by atoms with Crippen LogP contribution in [0.5, 0.6) is 0 Å². The molecule has 0 amide bonds. The van der Waals surface area contributed by atoms with Crippen LogP contribution in [0.4, 0.5) is 0 Å². The summed E-state index contributed by atoms with van der Waals surface area (Å²) in [5.74, 6) is 0. The SMILES string of the molecule is Cc1ccc(-n2ccc3c2CC(C)(C)CC3N)cc1Cl. The number of nitrogens with two attached hydrogens (primary N) is 1. The summed E-state index contributed by atoms with van der Waals surface area (Å²) < 4.78 is 2.24. The second-order valence-corrected chi connectivity index (χ2v) is 7.08. The molecular weight excluding hydrogens is 268 g/mol. The monoisotopic (exact) mass is 288 g/mol. The summed E-state index contributed by atoms with van der Waals surface area (Å²) in [7, 11) is 0. The maximum atomic E-state index is 6.33. The van der Waals surface area contributed by atoms with E-state index >= 15 is 0 Å². The van der Waals surface area contributed by atoms with E-state index in [1.165, 1.54) is 11.3 Å². The molecule has 3 rings (SSSR count). The van der Waals surface area contributed by atoms with E-state index in [9.17, 15) is 0 Å². The Hall–Kier alpha value is -1.25. The average molecular weight is 289 g/mol. The maximum absolute atomic E-state index is 6.33. The van der Waals surface area contributed by atoms with Crippen LogP contribution in [0.1, 0.15) is 43.1 Å². The van der Waals surface area contributed by atoms with Crippen LogP contribution in [0.2, 0.25) is 5.02 Å². The molecule has 1 heterocycles. The summed E-state index contributed by atoms with van der Waals surface area (Å²) in [6, 6.07) is 8.51. The van der Waals surface area contributed by atoms with Gasteiger partial charge in [-0.3, -0.25) is 0 Å². The van der Waals surface area contributed by atoms with E-state index in [1.54, 1.807) is 0 Å². The predicted octanol–water partition coefficient (Wildman–Crippen LogP) is 4.41. The maximum Gasteiger partial charge on any atom is 0.0467 e. The number of hydrogen-bond donors (Lipinski definition) is 1. The van der Waals surface area contributed by atoms with Gasteiger partial charge in [-0.25, -0.2) is 0 Å². The highest BCUT2D eigenvalue weighted by atomic mass is 35.5. The number of rotatable bonds is 1. The van der Waals surface area contributed by atoms with Gasteiger partial charge >= 0.3 is 0 Å². The fraction of sp³-hybridized carbons (Fsp3) is 0.412. The molecule has 2 nitrogen and oxygen atoms in total. The topological polar surface area (TPSA) is 30.9 Å². The quantitative estimate of drug-likeness (QED) is 0.828. The van der Waals surface area contributed by atoms with Crippen molar-refractivity contribution in [2.24, 2.45) is 11.1 Å². The van der Waals surface area contributed by atoms with Crippen molar-refractivity contribution in [3.8, 4) is 5.69 Å². The van der Waals surface area contributed by atoms with E-state index < -0.39 is 0 Å². The lowest BCUT2D eigenvalue weighted by atomic mass is 9.74. The Labute approximate surface area is 125 Å². The summed E-state index contributed by atoms with van der Waals surface area (Å²) in [5.41, 5.74) is 11.4. The molecule has 0 radical (unpaired) electrons. The molecular formula is C17H21ClN2. The van der Waals surface area contributed by atoms with Crippen molar-refractivity contribution in [1.29, 1.82) is 0 Å².